The molecule has 0 atom stereocenters. The molecule has 0 aromatic carbocycles. The molecule has 2 radical (unpaired) electrons. The van der Waals surface area contributed by atoms with E-state index in [-0.39, 0.29) is 0 Å². The summed E-state index contributed by atoms with van der Waals surface area (Å²) < 4.78 is 0. The van der Waals surface area contributed by atoms with Crippen LogP contribution in [0.5, 0.6) is 0 Å². The van der Waals surface area contributed by atoms with E-state index >= 15 is 0 Å². The van der Waals surface area contributed by atoms with Crippen molar-refractivity contribution in [3.63, 3.8) is 0 Å². The minimum atomic E-state index is 0.889. The molecular weight excluding hydrogens is 196 g/mol. The summed E-state index contributed by atoms with van der Waals surface area (Å²) in [4.78, 5) is 8.08. The first-order chi connectivity index (χ1) is 7.92. The molecule has 0 aliphatic heterocycles. The van der Waals surface area contributed by atoms with Crippen LogP contribution in [0, 0.1) is 12.8 Å². The Bertz CT molecular complexity index is 372. The van der Waals surface area contributed by atoms with Crippen LogP contribution < -0.4 is 0 Å². The Morgan fingerprint density at radius 3 is 1.69 bits per heavy atom. The van der Waals surface area contributed by atoms with Gasteiger partial charge < -0.3 is 0 Å². The molecule has 2 heterocycles. The molecule has 0 fully saturated rings. The second kappa shape index (κ2) is 5.40. The molecule has 16 heavy (non-hydrogen) atoms. The van der Waals surface area contributed by atoms with E-state index in [9.17, 15) is 0 Å². The highest BCUT2D eigenvalue weighted by Gasteiger charge is 2.13. The monoisotopic (exact) mass is 210 g/mol. The van der Waals surface area contributed by atoms with Gasteiger partial charge in [-0.1, -0.05) is 13.3 Å². The van der Waals surface area contributed by atoms with Crippen molar-refractivity contribution >= 4 is 0 Å². The normalized spacial score (nSPS) is 10.6. The lowest BCUT2D eigenvalue weighted by Crippen LogP contribution is -2.02. The van der Waals surface area contributed by atoms with E-state index in [0.29, 0.717) is 0 Å². The maximum absolute atomic E-state index is 4.04. The average Bonchev–Trinajstić information content (AvgIpc) is 2.38. The Labute approximate surface area is 96.4 Å². The molecule has 2 aromatic heterocycles. The van der Waals surface area contributed by atoms with Crippen molar-refractivity contribution < 1.29 is 0 Å². The predicted molar refractivity (Wildman–Crippen MR) is 64.5 cm³/mol. The highest BCUT2D eigenvalue weighted by atomic mass is 14.6. The summed E-state index contributed by atoms with van der Waals surface area (Å²) in [6.07, 6.45) is 9.13. The lowest BCUT2D eigenvalue weighted by Gasteiger charge is -2.15. The van der Waals surface area contributed by atoms with Gasteiger partial charge >= 0.3 is 0 Å². The minimum absolute atomic E-state index is 0.889. The van der Waals surface area contributed by atoms with Crippen LogP contribution in [0.25, 0.3) is 0 Å². The molecule has 2 nitrogen and oxygen atoms in total. The summed E-state index contributed by atoms with van der Waals surface area (Å²) in [5, 5.41) is 0. The summed E-state index contributed by atoms with van der Waals surface area (Å²) in [6, 6.07) is 8.13. The maximum atomic E-state index is 4.04. The Kier molecular flexibility index (Phi) is 3.65. The van der Waals surface area contributed by atoms with Gasteiger partial charge in [0.15, 0.2) is 0 Å². The van der Waals surface area contributed by atoms with Gasteiger partial charge in [-0.2, -0.15) is 0 Å². The summed E-state index contributed by atoms with van der Waals surface area (Å²) in [7, 11) is 0. The van der Waals surface area contributed by atoms with Crippen LogP contribution in [0.1, 0.15) is 24.0 Å². The van der Waals surface area contributed by atoms with E-state index in [1.165, 1.54) is 17.0 Å². The first-order valence-electron chi connectivity index (χ1n) is 5.37. The Hall–Kier alpha value is -1.70. The lowest BCUT2D eigenvalue weighted by atomic mass is 9.89. The Balaban J connectivity index is 2.31. The molecular formula is C14H14N2. The summed E-state index contributed by atoms with van der Waals surface area (Å²) >= 11 is 0. The molecule has 0 aliphatic rings. The standard InChI is InChI=1S/C14H14N2/c1-2-3-14(12-4-8-15-9-5-12)13-6-10-16-11-7-13/h4-11H,1-3H2. The van der Waals surface area contributed by atoms with Crippen LogP contribution in [0.4, 0.5) is 0 Å². The van der Waals surface area contributed by atoms with E-state index in [0.717, 1.165) is 12.8 Å². The number of nitrogens with zero attached hydrogens (tertiary/aromatic N) is 2. The van der Waals surface area contributed by atoms with E-state index in [4.69, 9.17) is 0 Å². The van der Waals surface area contributed by atoms with Crippen molar-refractivity contribution in [2.24, 2.45) is 0 Å². The van der Waals surface area contributed by atoms with Gasteiger partial charge in [-0.3, -0.25) is 9.97 Å². The molecule has 0 saturated heterocycles. The first kappa shape index (κ1) is 10.8. The molecule has 0 spiro atoms. The molecule has 80 valence electrons. The van der Waals surface area contributed by atoms with Crippen LogP contribution >= 0.6 is 0 Å². The maximum Gasteiger partial charge on any atom is 0.0342 e. The topological polar surface area (TPSA) is 25.8 Å². The fourth-order valence-electron chi connectivity index (χ4n) is 1.74. The van der Waals surface area contributed by atoms with E-state index in [2.05, 4.69) is 16.9 Å². The zero-order valence-corrected chi connectivity index (χ0v) is 9.13. The molecule has 0 amide bonds. The van der Waals surface area contributed by atoms with Crippen molar-refractivity contribution in [1.29, 1.82) is 0 Å². The smallest absolute Gasteiger partial charge is 0.0342 e. The summed E-state index contributed by atoms with van der Waals surface area (Å²) in [6.45, 7) is 3.92. The second-order valence-electron chi connectivity index (χ2n) is 3.55. The Morgan fingerprint density at radius 1 is 0.875 bits per heavy atom. The van der Waals surface area contributed by atoms with Gasteiger partial charge in [0.05, 0.1) is 0 Å². The van der Waals surface area contributed by atoms with E-state index in [1.807, 2.05) is 49.1 Å². The van der Waals surface area contributed by atoms with Crippen LogP contribution in [0.15, 0.2) is 49.1 Å². The molecule has 0 aliphatic carbocycles. The van der Waals surface area contributed by atoms with Crippen LogP contribution in [0.3, 0.4) is 0 Å². The van der Waals surface area contributed by atoms with E-state index < -0.39 is 0 Å². The third-order valence-electron chi connectivity index (χ3n) is 2.48. The van der Waals surface area contributed by atoms with Crippen LogP contribution in [0.2, 0.25) is 0 Å². The molecule has 0 N–H and O–H groups in total. The third kappa shape index (κ3) is 2.45. The van der Waals surface area contributed by atoms with Gasteiger partial charge in [0.1, 0.15) is 0 Å². The predicted octanol–water partition coefficient (Wildman–Crippen LogP) is 3.06. The van der Waals surface area contributed by atoms with Gasteiger partial charge in [0.25, 0.3) is 0 Å². The van der Waals surface area contributed by atoms with Crippen molar-refractivity contribution in [3.8, 4) is 0 Å². The van der Waals surface area contributed by atoms with Crippen LogP contribution in [-0.2, 0) is 0 Å². The van der Waals surface area contributed by atoms with Gasteiger partial charge in [-0.05, 0) is 41.8 Å². The second-order valence-corrected chi connectivity index (χ2v) is 3.55. The highest BCUT2D eigenvalue weighted by Crippen LogP contribution is 2.26. The number of hydrogen-bond donors (Lipinski definition) is 0. The molecule has 0 saturated carbocycles. The average molecular weight is 210 g/mol. The highest BCUT2D eigenvalue weighted by molar-refractivity contribution is 5.43. The summed E-state index contributed by atoms with van der Waals surface area (Å²) in [5.41, 5.74) is 2.43. The molecule has 2 aromatic rings. The van der Waals surface area contributed by atoms with Crippen LogP contribution in [-0.4, -0.2) is 9.97 Å². The largest absolute Gasteiger partial charge is 0.265 e. The third-order valence-corrected chi connectivity index (χ3v) is 2.48. The van der Waals surface area contributed by atoms with E-state index in [1.54, 1.807) is 0 Å². The minimum Gasteiger partial charge on any atom is -0.265 e. The van der Waals surface area contributed by atoms with Gasteiger partial charge in [-0.25, -0.2) is 0 Å². The fourth-order valence-corrected chi connectivity index (χ4v) is 1.74. The van der Waals surface area contributed by atoms with Crippen molar-refractivity contribution in [2.75, 3.05) is 0 Å². The van der Waals surface area contributed by atoms with Gasteiger partial charge in [-0.15, -0.1) is 0 Å². The molecule has 2 heteroatoms. The quantitative estimate of drug-likeness (QED) is 0.775. The first-order valence-corrected chi connectivity index (χ1v) is 5.37. The zero-order valence-electron chi connectivity index (χ0n) is 9.13. The molecule has 0 unspecified atom stereocenters. The fraction of sp³-hybridized carbons (Fsp3) is 0.143. The lowest BCUT2D eigenvalue weighted by molar-refractivity contribution is 0.897. The van der Waals surface area contributed by atoms with Crippen molar-refractivity contribution in [2.45, 2.75) is 12.8 Å². The number of hydrogen-bond acceptors (Lipinski definition) is 2. The number of aromatic nitrogens is 2. The molecule has 0 bridgehead atoms. The Morgan fingerprint density at radius 2 is 1.31 bits per heavy atom. The van der Waals surface area contributed by atoms with Crippen molar-refractivity contribution in [1.82, 2.24) is 9.97 Å². The summed E-state index contributed by atoms with van der Waals surface area (Å²) in [5.74, 6) is 1.31. The zero-order chi connectivity index (χ0) is 11.2. The SMILES string of the molecule is [CH2]CC[C](c1ccncc1)c1ccncc1. The number of pyridine rings is 2. The van der Waals surface area contributed by atoms with Gasteiger partial charge in [0, 0.05) is 30.7 Å². The molecule has 2 rings (SSSR count). The van der Waals surface area contributed by atoms with Crippen molar-refractivity contribution in [3.05, 3.63) is 73.0 Å². The van der Waals surface area contributed by atoms with Gasteiger partial charge in [0.2, 0.25) is 0 Å². The number of rotatable bonds is 4.